The normalized spacial score (nSPS) is 23.8. The Bertz CT molecular complexity index is 1010. The quantitative estimate of drug-likeness (QED) is 0.244. The molecule has 4 rings (SSSR count). The van der Waals surface area contributed by atoms with Crippen molar-refractivity contribution in [3.63, 3.8) is 0 Å². The molecular weight excluding hydrogens is 484 g/mol. The fraction of sp³-hybridized carbons (Fsp3) is 0.692. The molecule has 0 bridgehead atoms. The number of aryl methyl sites for hydroxylation is 2. The highest BCUT2D eigenvalue weighted by molar-refractivity contribution is 5.70. The second-order valence-electron chi connectivity index (χ2n) is 13.7. The molecule has 2 aliphatic carbocycles. The molecule has 2 aromatic rings. The van der Waals surface area contributed by atoms with Gasteiger partial charge in [0.2, 0.25) is 0 Å². The molecule has 0 amide bonds. The molecule has 1 nitrogen and oxygen atoms in total. The Morgan fingerprint density at radius 2 is 1.23 bits per heavy atom. The summed E-state index contributed by atoms with van der Waals surface area (Å²) in [4.78, 5) is 0. The van der Waals surface area contributed by atoms with Crippen molar-refractivity contribution in [2.24, 2.45) is 23.2 Å². The first kappa shape index (κ1) is 31.2. The summed E-state index contributed by atoms with van der Waals surface area (Å²) in [5.74, 6) is 4.85. The van der Waals surface area contributed by atoms with Crippen molar-refractivity contribution in [1.29, 1.82) is 0 Å². The Kier molecular flexibility index (Phi) is 11.6. The van der Waals surface area contributed by atoms with Gasteiger partial charge in [0, 0.05) is 5.41 Å². The van der Waals surface area contributed by atoms with E-state index in [9.17, 15) is 0 Å². The fourth-order valence-corrected chi connectivity index (χ4v) is 7.73. The molecule has 0 spiro atoms. The lowest BCUT2D eigenvalue weighted by Crippen LogP contribution is -2.26. The van der Waals surface area contributed by atoms with Crippen molar-refractivity contribution in [3.8, 4) is 16.9 Å². The van der Waals surface area contributed by atoms with E-state index in [-0.39, 0.29) is 0 Å². The standard InChI is InChI=1S/C39H60O/c1-7-32-27-38(40-28-39(9-3,10-4)11-5)33(8-2)26-37(32)36-24-22-35(23-25-36)34-20-18-31(19-21-34)17-16-30-14-12-29(6)13-15-30/h22-27,29-31,34H,7-21,28H2,1-6H3. The molecule has 2 aromatic carbocycles. The van der Waals surface area contributed by atoms with E-state index in [0.29, 0.717) is 5.41 Å². The zero-order valence-corrected chi connectivity index (χ0v) is 27.0. The first-order valence-electron chi connectivity index (χ1n) is 17.3. The largest absolute Gasteiger partial charge is 0.493 e. The predicted molar refractivity (Wildman–Crippen MR) is 174 cm³/mol. The van der Waals surface area contributed by atoms with Gasteiger partial charge in [0.15, 0.2) is 0 Å². The van der Waals surface area contributed by atoms with Crippen molar-refractivity contribution >= 4 is 0 Å². The van der Waals surface area contributed by atoms with Crippen LogP contribution >= 0.6 is 0 Å². The Balaban J connectivity index is 1.37. The lowest BCUT2D eigenvalue weighted by Gasteiger charge is -2.31. The van der Waals surface area contributed by atoms with E-state index in [0.717, 1.165) is 48.9 Å². The Hall–Kier alpha value is -1.76. The molecule has 2 fully saturated rings. The number of rotatable bonds is 13. The second-order valence-corrected chi connectivity index (χ2v) is 13.7. The van der Waals surface area contributed by atoms with Gasteiger partial charge in [0.25, 0.3) is 0 Å². The van der Waals surface area contributed by atoms with Crippen LogP contribution in [0.1, 0.15) is 148 Å². The van der Waals surface area contributed by atoms with E-state index in [1.165, 1.54) is 106 Å². The fourth-order valence-electron chi connectivity index (χ4n) is 7.73. The molecular formula is C39H60O. The maximum absolute atomic E-state index is 6.56. The average Bonchev–Trinajstić information content (AvgIpc) is 3.01. The molecule has 2 aliphatic rings. The number of benzene rings is 2. The molecule has 40 heavy (non-hydrogen) atoms. The van der Waals surface area contributed by atoms with E-state index in [1.807, 2.05) is 0 Å². The highest BCUT2D eigenvalue weighted by Crippen LogP contribution is 2.41. The van der Waals surface area contributed by atoms with Crippen LogP contribution in [-0.2, 0) is 12.8 Å². The molecule has 1 heteroatoms. The van der Waals surface area contributed by atoms with Gasteiger partial charge in [0.05, 0.1) is 6.61 Å². The molecule has 2 saturated carbocycles. The third-order valence-electron chi connectivity index (χ3n) is 11.5. The Morgan fingerprint density at radius 1 is 0.675 bits per heavy atom. The van der Waals surface area contributed by atoms with E-state index in [4.69, 9.17) is 4.74 Å². The van der Waals surface area contributed by atoms with Crippen LogP contribution in [0.15, 0.2) is 36.4 Å². The average molecular weight is 545 g/mol. The van der Waals surface area contributed by atoms with Gasteiger partial charge >= 0.3 is 0 Å². The molecule has 0 aliphatic heterocycles. The van der Waals surface area contributed by atoms with E-state index >= 15 is 0 Å². The number of ether oxygens (including phenoxy) is 1. The molecule has 0 aromatic heterocycles. The molecule has 222 valence electrons. The van der Waals surface area contributed by atoms with Gasteiger partial charge in [-0.1, -0.05) is 104 Å². The lowest BCUT2D eigenvalue weighted by atomic mass is 9.74. The molecule has 0 heterocycles. The van der Waals surface area contributed by atoms with Crippen LogP contribution in [0.5, 0.6) is 5.75 Å². The highest BCUT2D eigenvalue weighted by atomic mass is 16.5. The van der Waals surface area contributed by atoms with Crippen LogP contribution in [0.3, 0.4) is 0 Å². The van der Waals surface area contributed by atoms with Crippen molar-refractivity contribution in [3.05, 3.63) is 53.1 Å². The third kappa shape index (κ3) is 7.74. The maximum atomic E-state index is 6.56. The van der Waals surface area contributed by atoms with Crippen LogP contribution in [0, 0.1) is 23.2 Å². The molecule has 0 N–H and O–H groups in total. The zero-order chi connectivity index (χ0) is 28.5. The number of hydrogen-bond acceptors (Lipinski definition) is 1. The lowest BCUT2D eigenvalue weighted by molar-refractivity contribution is 0.127. The summed E-state index contributed by atoms with van der Waals surface area (Å²) >= 11 is 0. The number of hydrogen-bond donors (Lipinski definition) is 0. The SMILES string of the molecule is CCc1cc(-c2ccc(C3CCC(CCC4CCC(C)CC4)CC3)cc2)c(CC)cc1OCC(CC)(CC)CC. The summed E-state index contributed by atoms with van der Waals surface area (Å²) < 4.78 is 6.56. The predicted octanol–water partition coefficient (Wildman–Crippen LogP) is 12.0. The summed E-state index contributed by atoms with van der Waals surface area (Å²) in [7, 11) is 0. The van der Waals surface area contributed by atoms with Crippen LogP contribution in [0.25, 0.3) is 11.1 Å². The van der Waals surface area contributed by atoms with Crippen LogP contribution in [0.2, 0.25) is 0 Å². The van der Waals surface area contributed by atoms with E-state index in [2.05, 4.69) is 77.9 Å². The minimum Gasteiger partial charge on any atom is -0.493 e. The topological polar surface area (TPSA) is 9.23 Å². The summed E-state index contributed by atoms with van der Waals surface area (Å²) in [6.45, 7) is 14.7. The van der Waals surface area contributed by atoms with Crippen molar-refractivity contribution in [2.45, 2.75) is 144 Å². The molecule has 0 atom stereocenters. The van der Waals surface area contributed by atoms with Crippen LogP contribution < -0.4 is 4.74 Å². The van der Waals surface area contributed by atoms with Gasteiger partial charge in [-0.05, 0) is 121 Å². The van der Waals surface area contributed by atoms with Gasteiger partial charge in [-0.25, -0.2) is 0 Å². The zero-order valence-electron chi connectivity index (χ0n) is 27.0. The summed E-state index contributed by atoms with van der Waals surface area (Å²) in [5, 5.41) is 0. The van der Waals surface area contributed by atoms with E-state index < -0.39 is 0 Å². The van der Waals surface area contributed by atoms with Crippen molar-refractivity contribution in [1.82, 2.24) is 0 Å². The first-order valence-corrected chi connectivity index (χ1v) is 17.3. The van der Waals surface area contributed by atoms with Gasteiger partial charge in [-0.3, -0.25) is 0 Å². The smallest absolute Gasteiger partial charge is 0.122 e. The molecule has 0 saturated heterocycles. The maximum Gasteiger partial charge on any atom is 0.122 e. The van der Waals surface area contributed by atoms with Crippen molar-refractivity contribution in [2.75, 3.05) is 6.61 Å². The summed E-state index contributed by atoms with van der Waals surface area (Å²) in [6.07, 6.45) is 20.1. The monoisotopic (exact) mass is 544 g/mol. The van der Waals surface area contributed by atoms with Gasteiger partial charge in [-0.2, -0.15) is 0 Å². The van der Waals surface area contributed by atoms with E-state index in [1.54, 1.807) is 5.56 Å². The van der Waals surface area contributed by atoms with Gasteiger partial charge in [0.1, 0.15) is 5.75 Å². The highest BCUT2D eigenvalue weighted by Gasteiger charge is 2.26. The van der Waals surface area contributed by atoms with Gasteiger partial charge in [-0.15, -0.1) is 0 Å². The summed E-state index contributed by atoms with van der Waals surface area (Å²) in [5.41, 5.74) is 7.36. The first-order chi connectivity index (χ1) is 19.4. The molecule has 0 unspecified atom stereocenters. The minimum absolute atomic E-state index is 0.291. The van der Waals surface area contributed by atoms with Crippen LogP contribution in [0.4, 0.5) is 0 Å². The Morgan fingerprint density at radius 3 is 1.75 bits per heavy atom. The third-order valence-corrected chi connectivity index (χ3v) is 11.5. The van der Waals surface area contributed by atoms with Crippen LogP contribution in [-0.4, -0.2) is 6.61 Å². The van der Waals surface area contributed by atoms with Crippen molar-refractivity contribution < 1.29 is 4.74 Å². The Labute approximate surface area is 247 Å². The molecule has 0 radical (unpaired) electrons. The minimum atomic E-state index is 0.291. The van der Waals surface area contributed by atoms with Gasteiger partial charge < -0.3 is 4.74 Å². The second kappa shape index (κ2) is 14.9. The summed E-state index contributed by atoms with van der Waals surface area (Å²) in [6, 6.07) is 14.5.